The Labute approximate surface area is 208 Å². The molecule has 1 N–H and O–H groups in total. The normalized spacial score (nSPS) is 11.3. The van der Waals surface area contributed by atoms with Crippen molar-refractivity contribution in [3.05, 3.63) is 93.0 Å². The van der Waals surface area contributed by atoms with Crippen LogP contribution in [0.4, 0.5) is 19.0 Å². The lowest BCUT2D eigenvalue weighted by Crippen LogP contribution is -2.17. The summed E-state index contributed by atoms with van der Waals surface area (Å²) in [7, 11) is 1.53. The Morgan fingerprint density at radius 1 is 1.11 bits per heavy atom. The first-order chi connectivity index (χ1) is 16.6. The van der Waals surface area contributed by atoms with Crippen molar-refractivity contribution in [2.45, 2.75) is 12.7 Å². The Balaban J connectivity index is 1.88. The third-order valence-electron chi connectivity index (χ3n) is 5.43. The Morgan fingerprint density at radius 3 is 2.46 bits per heavy atom. The highest BCUT2D eigenvalue weighted by Crippen LogP contribution is 2.37. The van der Waals surface area contributed by atoms with E-state index in [1.54, 1.807) is 28.8 Å². The molecule has 0 aliphatic heterocycles. The van der Waals surface area contributed by atoms with Crippen LogP contribution < -0.4 is 10.1 Å². The van der Waals surface area contributed by atoms with Gasteiger partial charge in [-0.05, 0) is 48.0 Å². The molecule has 1 amide bonds. The average molecular weight is 518 g/mol. The van der Waals surface area contributed by atoms with Crippen LogP contribution in [0.15, 0.2) is 60.7 Å². The molecule has 0 bridgehead atoms. The van der Waals surface area contributed by atoms with Crippen molar-refractivity contribution in [3.63, 3.8) is 0 Å². The summed E-state index contributed by atoms with van der Waals surface area (Å²) in [6.07, 6.45) is -4.60. The first kappa shape index (κ1) is 24.5. The molecule has 1 heterocycles. The number of fused-ring (bicyclic) bond motifs is 1. The molecule has 0 fully saturated rings. The van der Waals surface area contributed by atoms with E-state index < -0.39 is 17.6 Å². The first-order valence-corrected chi connectivity index (χ1v) is 10.9. The maximum absolute atomic E-state index is 13.4. The van der Waals surface area contributed by atoms with E-state index in [4.69, 9.17) is 27.9 Å². The number of benzene rings is 3. The van der Waals surface area contributed by atoms with Crippen LogP contribution in [-0.2, 0) is 12.7 Å². The molecule has 4 rings (SSSR count). The van der Waals surface area contributed by atoms with Gasteiger partial charge in [0.05, 0.1) is 33.8 Å². The highest BCUT2D eigenvalue weighted by atomic mass is 35.5. The molecular formula is C25H16Cl2F3N3O2. The number of anilines is 1. The average Bonchev–Trinajstić information content (AvgIpc) is 3.12. The number of ether oxygens (including phenoxy) is 1. The van der Waals surface area contributed by atoms with E-state index in [9.17, 15) is 23.2 Å². The number of nitrogens with one attached hydrogen (secondary N) is 1. The number of nitriles is 1. The van der Waals surface area contributed by atoms with Crippen molar-refractivity contribution in [3.8, 4) is 11.8 Å². The summed E-state index contributed by atoms with van der Waals surface area (Å²) in [5.41, 5.74) is 0.159. The zero-order chi connectivity index (χ0) is 25.3. The second-order valence-electron chi connectivity index (χ2n) is 7.55. The topological polar surface area (TPSA) is 67.0 Å². The van der Waals surface area contributed by atoms with Crippen LogP contribution in [0.5, 0.6) is 5.75 Å². The SMILES string of the molecule is COc1ccc(Cn2c(NC(=O)c3cccc(Cl)c3Cl)c(C#N)c3cc(C(F)(F)F)ccc32)cc1. The fourth-order valence-corrected chi connectivity index (χ4v) is 4.09. The number of hydrogen-bond donors (Lipinski definition) is 1. The minimum absolute atomic E-state index is 0.0161. The lowest BCUT2D eigenvalue weighted by atomic mass is 10.1. The zero-order valence-electron chi connectivity index (χ0n) is 18.1. The maximum Gasteiger partial charge on any atom is 0.416 e. The van der Waals surface area contributed by atoms with Gasteiger partial charge in [-0.3, -0.25) is 4.79 Å². The summed E-state index contributed by atoms with van der Waals surface area (Å²) >= 11 is 12.2. The third kappa shape index (κ3) is 4.78. The quantitative estimate of drug-likeness (QED) is 0.305. The minimum atomic E-state index is -4.60. The van der Waals surface area contributed by atoms with Gasteiger partial charge in [-0.2, -0.15) is 18.4 Å². The Hall–Kier alpha value is -3.67. The highest BCUT2D eigenvalue weighted by molar-refractivity contribution is 6.44. The summed E-state index contributed by atoms with van der Waals surface area (Å²) in [6, 6.07) is 16.6. The smallest absolute Gasteiger partial charge is 0.416 e. The number of amides is 1. The molecule has 0 unspecified atom stereocenters. The van der Waals surface area contributed by atoms with Gasteiger partial charge >= 0.3 is 6.18 Å². The molecular weight excluding hydrogens is 502 g/mol. The number of carbonyl (C=O) groups excluding carboxylic acids is 1. The van der Waals surface area contributed by atoms with Gasteiger partial charge in [0, 0.05) is 11.9 Å². The van der Waals surface area contributed by atoms with Crippen LogP contribution in [-0.4, -0.2) is 17.6 Å². The van der Waals surface area contributed by atoms with Crippen molar-refractivity contribution in [2.24, 2.45) is 0 Å². The number of carbonyl (C=O) groups is 1. The van der Waals surface area contributed by atoms with Crippen LogP contribution >= 0.6 is 23.2 Å². The highest BCUT2D eigenvalue weighted by Gasteiger charge is 2.32. The fourth-order valence-electron chi connectivity index (χ4n) is 3.71. The van der Waals surface area contributed by atoms with Crippen molar-refractivity contribution in [1.29, 1.82) is 5.26 Å². The molecule has 0 atom stereocenters. The monoisotopic (exact) mass is 517 g/mol. The number of nitrogens with zero attached hydrogens (tertiary/aromatic N) is 2. The number of rotatable bonds is 5. The number of hydrogen-bond acceptors (Lipinski definition) is 3. The van der Waals surface area contributed by atoms with E-state index in [2.05, 4.69) is 5.32 Å². The van der Waals surface area contributed by atoms with E-state index in [0.29, 0.717) is 11.3 Å². The minimum Gasteiger partial charge on any atom is -0.497 e. The number of aromatic nitrogens is 1. The van der Waals surface area contributed by atoms with Crippen molar-refractivity contribution in [2.75, 3.05) is 12.4 Å². The van der Waals surface area contributed by atoms with Crippen LogP contribution in [0.25, 0.3) is 10.9 Å². The van der Waals surface area contributed by atoms with Gasteiger partial charge in [0.2, 0.25) is 0 Å². The van der Waals surface area contributed by atoms with E-state index in [-0.39, 0.29) is 38.9 Å². The number of methoxy groups -OCH3 is 1. The van der Waals surface area contributed by atoms with E-state index in [0.717, 1.165) is 17.7 Å². The van der Waals surface area contributed by atoms with Crippen molar-refractivity contribution < 1.29 is 22.7 Å². The summed E-state index contributed by atoms with van der Waals surface area (Å²) in [4.78, 5) is 13.1. The molecule has 4 aromatic rings. The maximum atomic E-state index is 13.4. The molecule has 35 heavy (non-hydrogen) atoms. The van der Waals surface area contributed by atoms with Crippen molar-refractivity contribution in [1.82, 2.24) is 4.57 Å². The van der Waals surface area contributed by atoms with Gasteiger partial charge in [-0.25, -0.2) is 0 Å². The lowest BCUT2D eigenvalue weighted by Gasteiger charge is -2.14. The number of halogens is 5. The van der Waals surface area contributed by atoms with Gasteiger partial charge in [0.1, 0.15) is 23.2 Å². The fraction of sp³-hybridized carbons (Fsp3) is 0.120. The van der Waals surface area contributed by atoms with Gasteiger partial charge < -0.3 is 14.6 Å². The largest absolute Gasteiger partial charge is 0.497 e. The van der Waals surface area contributed by atoms with E-state index in [1.165, 1.54) is 31.4 Å². The number of alkyl halides is 3. The predicted octanol–water partition coefficient (Wildman–Crippen LogP) is 7.15. The molecule has 5 nitrogen and oxygen atoms in total. The molecule has 0 aliphatic carbocycles. The standard InChI is InChI=1S/C25H16Cl2F3N3O2/c1-35-16-8-5-14(6-9-16)13-33-21-10-7-15(25(28,29)30)11-18(21)19(12-31)23(33)32-24(34)17-3-2-4-20(26)22(17)27/h2-11H,13H2,1H3,(H,32,34). The Bertz CT molecular complexity index is 1470. The van der Waals surface area contributed by atoms with Crippen LogP contribution in [0.3, 0.4) is 0 Å². The third-order valence-corrected chi connectivity index (χ3v) is 6.25. The Kier molecular flexibility index (Phi) is 6.66. The van der Waals surface area contributed by atoms with E-state index in [1.807, 2.05) is 6.07 Å². The molecule has 0 aliphatic rings. The van der Waals surface area contributed by atoms with E-state index >= 15 is 0 Å². The molecule has 178 valence electrons. The van der Waals surface area contributed by atoms with Gasteiger partial charge in [-0.15, -0.1) is 0 Å². The van der Waals surface area contributed by atoms with Gasteiger partial charge in [0.15, 0.2) is 0 Å². The zero-order valence-corrected chi connectivity index (χ0v) is 19.6. The molecule has 0 saturated carbocycles. The summed E-state index contributed by atoms with van der Waals surface area (Å²) in [6.45, 7) is 0.159. The first-order valence-electron chi connectivity index (χ1n) is 10.2. The van der Waals surface area contributed by atoms with Gasteiger partial charge in [-0.1, -0.05) is 41.4 Å². The Morgan fingerprint density at radius 2 is 1.83 bits per heavy atom. The summed E-state index contributed by atoms with van der Waals surface area (Å²) in [5.74, 6) is 0.00490. The molecule has 10 heteroatoms. The second kappa shape index (κ2) is 9.53. The van der Waals surface area contributed by atoms with Crippen LogP contribution in [0, 0.1) is 11.3 Å². The second-order valence-corrected chi connectivity index (χ2v) is 8.34. The molecule has 0 radical (unpaired) electrons. The summed E-state index contributed by atoms with van der Waals surface area (Å²) < 4.78 is 46.9. The van der Waals surface area contributed by atoms with Gasteiger partial charge in [0.25, 0.3) is 5.91 Å². The van der Waals surface area contributed by atoms with Crippen molar-refractivity contribution >= 4 is 45.8 Å². The molecule has 0 saturated heterocycles. The van der Waals surface area contributed by atoms with Crippen LogP contribution in [0.1, 0.15) is 27.0 Å². The predicted molar refractivity (Wildman–Crippen MR) is 128 cm³/mol. The molecule has 1 aromatic heterocycles. The molecule has 3 aromatic carbocycles. The molecule has 0 spiro atoms. The summed E-state index contributed by atoms with van der Waals surface area (Å²) in [5, 5.41) is 12.8. The van der Waals surface area contributed by atoms with Crippen LogP contribution in [0.2, 0.25) is 10.0 Å². The lowest BCUT2D eigenvalue weighted by molar-refractivity contribution is -0.137.